The molecule has 0 saturated heterocycles. The highest BCUT2D eigenvalue weighted by Gasteiger charge is 2.37. The van der Waals surface area contributed by atoms with E-state index in [1.165, 1.54) is 12.8 Å². The van der Waals surface area contributed by atoms with E-state index in [9.17, 15) is 0 Å². The van der Waals surface area contributed by atoms with Crippen LogP contribution < -0.4 is 14.8 Å². The second-order valence-corrected chi connectivity index (χ2v) is 4.44. The van der Waals surface area contributed by atoms with Crippen LogP contribution in [-0.4, -0.2) is 30.7 Å². The maximum atomic E-state index is 5.07. The highest BCUT2D eigenvalue weighted by atomic mass is 16.5. The summed E-state index contributed by atoms with van der Waals surface area (Å²) >= 11 is 0. The monoisotopic (exact) mass is 223 g/mol. The molecular formula is C11H17N3O2. The third-order valence-corrected chi connectivity index (χ3v) is 2.87. The minimum atomic E-state index is 0.416. The van der Waals surface area contributed by atoms with Crippen molar-refractivity contribution in [2.45, 2.75) is 19.8 Å². The summed E-state index contributed by atoms with van der Waals surface area (Å²) in [6.07, 6.45) is 2.53. The first-order valence-electron chi connectivity index (χ1n) is 5.36. The van der Waals surface area contributed by atoms with Gasteiger partial charge >= 0.3 is 0 Å². The molecule has 0 atom stereocenters. The Bertz CT molecular complexity index is 355. The van der Waals surface area contributed by atoms with E-state index in [4.69, 9.17) is 9.47 Å². The summed E-state index contributed by atoms with van der Waals surface area (Å²) in [4.78, 5) is 8.41. The molecule has 1 aromatic rings. The lowest BCUT2D eigenvalue weighted by Gasteiger charge is -2.11. The van der Waals surface area contributed by atoms with Gasteiger partial charge in [0, 0.05) is 6.54 Å². The number of nitrogens with zero attached hydrogens (tertiary/aromatic N) is 2. The molecule has 88 valence electrons. The zero-order valence-corrected chi connectivity index (χ0v) is 9.91. The Labute approximate surface area is 95.2 Å². The standard InChI is InChI=1S/C11H17N3O2/c1-11(4-5-11)7-12-10-13-8(15-2)6-9(14-10)16-3/h6H,4-5,7H2,1-3H3,(H,12,13,14). The zero-order valence-electron chi connectivity index (χ0n) is 9.91. The lowest BCUT2D eigenvalue weighted by molar-refractivity contribution is 0.372. The van der Waals surface area contributed by atoms with Crippen LogP contribution in [0, 0.1) is 5.41 Å². The van der Waals surface area contributed by atoms with E-state index in [2.05, 4.69) is 22.2 Å². The normalized spacial score (nSPS) is 16.7. The summed E-state index contributed by atoms with van der Waals surface area (Å²) < 4.78 is 10.1. The summed E-state index contributed by atoms with van der Waals surface area (Å²) in [6.45, 7) is 3.14. The maximum Gasteiger partial charge on any atom is 0.229 e. The molecular weight excluding hydrogens is 206 g/mol. The average molecular weight is 223 g/mol. The minimum Gasteiger partial charge on any atom is -0.481 e. The highest BCUT2D eigenvalue weighted by molar-refractivity contribution is 5.34. The van der Waals surface area contributed by atoms with Gasteiger partial charge in [-0.25, -0.2) is 0 Å². The van der Waals surface area contributed by atoms with Crippen LogP contribution in [0.4, 0.5) is 5.95 Å². The van der Waals surface area contributed by atoms with Crippen LogP contribution >= 0.6 is 0 Å². The predicted molar refractivity (Wildman–Crippen MR) is 61.0 cm³/mol. The topological polar surface area (TPSA) is 56.3 Å². The molecule has 1 N–H and O–H groups in total. The van der Waals surface area contributed by atoms with Gasteiger partial charge in [0.05, 0.1) is 20.3 Å². The van der Waals surface area contributed by atoms with Crippen molar-refractivity contribution in [2.24, 2.45) is 5.41 Å². The van der Waals surface area contributed by atoms with Gasteiger partial charge in [-0.2, -0.15) is 9.97 Å². The van der Waals surface area contributed by atoms with Gasteiger partial charge in [0.1, 0.15) is 0 Å². The number of rotatable bonds is 5. The number of methoxy groups -OCH3 is 2. The Balaban J connectivity index is 2.06. The van der Waals surface area contributed by atoms with Crippen molar-refractivity contribution >= 4 is 5.95 Å². The molecule has 16 heavy (non-hydrogen) atoms. The molecule has 1 aliphatic carbocycles. The van der Waals surface area contributed by atoms with E-state index < -0.39 is 0 Å². The Kier molecular flexibility index (Phi) is 2.85. The van der Waals surface area contributed by atoms with Gasteiger partial charge in [0.25, 0.3) is 0 Å². The molecule has 1 aliphatic rings. The van der Waals surface area contributed by atoms with Crippen molar-refractivity contribution in [3.05, 3.63) is 6.07 Å². The Morgan fingerprint density at radius 1 is 1.25 bits per heavy atom. The second kappa shape index (κ2) is 4.15. The van der Waals surface area contributed by atoms with E-state index in [1.54, 1.807) is 20.3 Å². The van der Waals surface area contributed by atoms with Gasteiger partial charge in [-0.1, -0.05) is 6.92 Å². The smallest absolute Gasteiger partial charge is 0.229 e. The third kappa shape index (κ3) is 2.53. The lowest BCUT2D eigenvalue weighted by atomic mass is 10.1. The molecule has 1 aromatic heterocycles. The molecule has 2 rings (SSSR count). The second-order valence-electron chi connectivity index (χ2n) is 4.44. The molecule has 0 aromatic carbocycles. The SMILES string of the molecule is COc1cc(OC)nc(NCC2(C)CC2)n1. The van der Waals surface area contributed by atoms with Crippen LogP contribution in [-0.2, 0) is 0 Å². The molecule has 5 nitrogen and oxygen atoms in total. The van der Waals surface area contributed by atoms with Crippen LogP contribution in [0.3, 0.4) is 0 Å². The van der Waals surface area contributed by atoms with Crippen LogP contribution in [0.25, 0.3) is 0 Å². The van der Waals surface area contributed by atoms with Crippen molar-refractivity contribution in [1.82, 2.24) is 9.97 Å². The molecule has 1 fully saturated rings. The van der Waals surface area contributed by atoms with Crippen LogP contribution in [0.15, 0.2) is 6.07 Å². The predicted octanol–water partition coefficient (Wildman–Crippen LogP) is 1.71. The molecule has 0 bridgehead atoms. The number of ether oxygens (including phenoxy) is 2. The van der Waals surface area contributed by atoms with Crippen molar-refractivity contribution in [1.29, 1.82) is 0 Å². The first kappa shape index (κ1) is 11.0. The Morgan fingerprint density at radius 3 is 2.25 bits per heavy atom. The number of anilines is 1. The van der Waals surface area contributed by atoms with Crippen LogP contribution in [0.1, 0.15) is 19.8 Å². The molecule has 1 heterocycles. The van der Waals surface area contributed by atoms with Gasteiger partial charge in [-0.15, -0.1) is 0 Å². The summed E-state index contributed by atoms with van der Waals surface area (Å²) in [6, 6.07) is 1.66. The van der Waals surface area contributed by atoms with Crippen molar-refractivity contribution in [3.8, 4) is 11.8 Å². The maximum absolute atomic E-state index is 5.07. The highest BCUT2D eigenvalue weighted by Crippen LogP contribution is 2.44. The number of hydrogen-bond acceptors (Lipinski definition) is 5. The van der Waals surface area contributed by atoms with E-state index in [-0.39, 0.29) is 0 Å². The molecule has 0 radical (unpaired) electrons. The molecule has 0 amide bonds. The summed E-state index contributed by atoms with van der Waals surface area (Å²) in [5, 5.41) is 3.21. The average Bonchev–Trinajstić information content (AvgIpc) is 3.05. The number of aromatic nitrogens is 2. The van der Waals surface area contributed by atoms with Crippen LogP contribution in [0.2, 0.25) is 0 Å². The fraction of sp³-hybridized carbons (Fsp3) is 0.636. The Hall–Kier alpha value is -1.52. The largest absolute Gasteiger partial charge is 0.481 e. The summed E-state index contributed by atoms with van der Waals surface area (Å²) in [5.41, 5.74) is 0.416. The van der Waals surface area contributed by atoms with Gasteiger partial charge in [-0.3, -0.25) is 0 Å². The van der Waals surface area contributed by atoms with Gasteiger partial charge in [0.2, 0.25) is 17.7 Å². The molecule has 0 spiro atoms. The molecule has 0 unspecified atom stereocenters. The summed E-state index contributed by atoms with van der Waals surface area (Å²) in [7, 11) is 3.15. The first-order chi connectivity index (χ1) is 7.65. The van der Waals surface area contributed by atoms with Crippen molar-refractivity contribution in [3.63, 3.8) is 0 Å². The molecule has 1 saturated carbocycles. The van der Waals surface area contributed by atoms with E-state index in [1.807, 2.05) is 0 Å². The first-order valence-corrected chi connectivity index (χ1v) is 5.36. The number of hydrogen-bond donors (Lipinski definition) is 1. The Morgan fingerprint density at radius 2 is 1.81 bits per heavy atom. The van der Waals surface area contributed by atoms with Gasteiger partial charge in [-0.05, 0) is 18.3 Å². The molecule has 5 heteroatoms. The third-order valence-electron chi connectivity index (χ3n) is 2.87. The van der Waals surface area contributed by atoms with Crippen molar-refractivity contribution in [2.75, 3.05) is 26.1 Å². The zero-order chi connectivity index (χ0) is 11.6. The van der Waals surface area contributed by atoms with E-state index in [0.717, 1.165) is 6.54 Å². The minimum absolute atomic E-state index is 0.416. The van der Waals surface area contributed by atoms with Gasteiger partial charge < -0.3 is 14.8 Å². The lowest BCUT2D eigenvalue weighted by Crippen LogP contribution is -2.14. The van der Waals surface area contributed by atoms with Crippen LogP contribution in [0.5, 0.6) is 11.8 Å². The summed E-state index contributed by atoms with van der Waals surface area (Å²) in [5.74, 6) is 1.58. The van der Waals surface area contributed by atoms with Gasteiger partial charge in [0.15, 0.2) is 0 Å². The van der Waals surface area contributed by atoms with Crippen molar-refractivity contribution < 1.29 is 9.47 Å². The fourth-order valence-corrected chi connectivity index (χ4v) is 1.37. The number of nitrogens with one attached hydrogen (secondary N) is 1. The van der Waals surface area contributed by atoms with E-state index >= 15 is 0 Å². The quantitative estimate of drug-likeness (QED) is 0.823. The molecule has 0 aliphatic heterocycles. The van der Waals surface area contributed by atoms with E-state index in [0.29, 0.717) is 23.1 Å². The fourth-order valence-electron chi connectivity index (χ4n) is 1.37.